The van der Waals surface area contributed by atoms with Crippen molar-refractivity contribution in [2.45, 2.75) is 103 Å². The average Bonchev–Trinajstić information content (AvgIpc) is 3.24. The SMILES string of the molecule is C=C1CC[C@@H]2[C@](C)(CCC[C@@]2(C)C(=O)OC)[C@H]1CCc1ccoc1CNC1CCCCC1. The number of carbonyl (C=O) groups excluding carboxylic acids is 1. The molecule has 3 saturated carbocycles. The molecular weight excluding hydrogens is 398 g/mol. The van der Waals surface area contributed by atoms with E-state index in [1.807, 2.05) is 6.26 Å². The summed E-state index contributed by atoms with van der Waals surface area (Å²) in [6, 6.07) is 2.79. The Labute approximate surface area is 194 Å². The van der Waals surface area contributed by atoms with Crippen molar-refractivity contribution in [1.82, 2.24) is 5.32 Å². The summed E-state index contributed by atoms with van der Waals surface area (Å²) in [5.74, 6) is 1.88. The van der Waals surface area contributed by atoms with Gasteiger partial charge in [0, 0.05) is 6.04 Å². The van der Waals surface area contributed by atoms with Crippen LogP contribution < -0.4 is 5.32 Å². The lowest BCUT2D eigenvalue weighted by Gasteiger charge is -2.57. The molecule has 0 unspecified atom stereocenters. The first-order chi connectivity index (χ1) is 15.4. The van der Waals surface area contributed by atoms with Crippen molar-refractivity contribution in [3.63, 3.8) is 0 Å². The number of allylic oxidation sites excluding steroid dienone is 1. The zero-order valence-corrected chi connectivity index (χ0v) is 20.5. The van der Waals surface area contributed by atoms with Gasteiger partial charge in [0.05, 0.1) is 25.3 Å². The number of ether oxygens (including phenoxy) is 1. The number of nitrogens with one attached hydrogen (secondary N) is 1. The van der Waals surface area contributed by atoms with Crippen LogP contribution in [0.2, 0.25) is 0 Å². The molecule has 4 heteroatoms. The Morgan fingerprint density at radius 1 is 1.19 bits per heavy atom. The minimum absolute atomic E-state index is 0.0226. The molecule has 0 aromatic carbocycles. The Hall–Kier alpha value is -1.55. The van der Waals surface area contributed by atoms with E-state index in [1.54, 1.807) is 7.11 Å². The van der Waals surface area contributed by atoms with Gasteiger partial charge in [-0.05, 0) is 87.2 Å². The van der Waals surface area contributed by atoms with Gasteiger partial charge in [0.15, 0.2) is 0 Å². The second-order valence-electron chi connectivity index (χ2n) is 11.2. The number of hydrogen-bond acceptors (Lipinski definition) is 4. The molecule has 0 aliphatic heterocycles. The number of rotatable bonds is 7. The molecule has 4 rings (SSSR count). The smallest absolute Gasteiger partial charge is 0.311 e. The number of fused-ring (bicyclic) bond motifs is 1. The molecule has 1 aromatic rings. The van der Waals surface area contributed by atoms with E-state index in [4.69, 9.17) is 9.15 Å². The van der Waals surface area contributed by atoms with Crippen molar-refractivity contribution >= 4 is 5.97 Å². The monoisotopic (exact) mass is 441 g/mol. The van der Waals surface area contributed by atoms with Gasteiger partial charge >= 0.3 is 5.97 Å². The second-order valence-corrected chi connectivity index (χ2v) is 11.2. The largest absolute Gasteiger partial charge is 0.469 e. The first kappa shape index (κ1) is 23.6. The maximum Gasteiger partial charge on any atom is 0.311 e. The Morgan fingerprint density at radius 2 is 1.97 bits per heavy atom. The zero-order chi connectivity index (χ0) is 22.8. The van der Waals surface area contributed by atoms with E-state index in [1.165, 1.54) is 49.7 Å². The highest BCUT2D eigenvalue weighted by molar-refractivity contribution is 5.77. The number of furan rings is 1. The molecule has 0 saturated heterocycles. The molecule has 178 valence electrons. The van der Waals surface area contributed by atoms with Crippen LogP contribution in [0.25, 0.3) is 0 Å². The summed E-state index contributed by atoms with van der Waals surface area (Å²) in [5, 5.41) is 3.73. The van der Waals surface area contributed by atoms with Crippen LogP contribution >= 0.6 is 0 Å². The summed E-state index contributed by atoms with van der Waals surface area (Å²) in [7, 11) is 1.54. The number of esters is 1. The predicted octanol–water partition coefficient (Wildman–Crippen LogP) is 6.59. The van der Waals surface area contributed by atoms with E-state index in [9.17, 15) is 4.79 Å². The first-order valence-electron chi connectivity index (χ1n) is 12.9. The van der Waals surface area contributed by atoms with Gasteiger partial charge in [0.25, 0.3) is 0 Å². The van der Waals surface area contributed by atoms with Gasteiger partial charge < -0.3 is 14.5 Å². The van der Waals surface area contributed by atoms with Crippen molar-refractivity contribution in [2.75, 3.05) is 7.11 Å². The molecular formula is C28H43NO3. The molecule has 1 heterocycles. The van der Waals surface area contributed by atoms with Gasteiger partial charge in [0.2, 0.25) is 0 Å². The van der Waals surface area contributed by atoms with Crippen LogP contribution in [-0.4, -0.2) is 19.1 Å². The van der Waals surface area contributed by atoms with Crippen LogP contribution in [-0.2, 0) is 22.5 Å². The molecule has 1 N–H and O–H groups in total. The third kappa shape index (κ3) is 4.44. The molecule has 0 radical (unpaired) electrons. The molecule has 3 aliphatic rings. The summed E-state index contributed by atoms with van der Waals surface area (Å²) in [6.07, 6.45) is 15.9. The van der Waals surface area contributed by atoms with Gasteiger partial charge in [-0.2, -0.15) is 0 Å². The van der Waals surface area contributed by atoms with E-state index in [-0.39, 0.29) is 16.8 Å². The third-order valence-corrected chi connectivity index (χ3v) is 9.37. The van der Waals surface area contributed by atoms with Crippen LogP contribution in [0.3, 0.4) is 0 Å². The van der Waals surface area contributed by atoms with E-state index < -0.39 is 0 Å². The lowest BCUT2D eigenvalue weighted by atomic mass is 9.46. The Kier molecular flexibility index (Phi) is 7.19. The summed E-state index contributed by atoms with van der Waals surface area (Å²) in [4.78, 5) is 12.8. The highest BCUT2D eigenvalue weighted by atomic mass is 16.5. The zero-order valence-electron chi connectivity index (χ0n) is 20.5. The van der Waals surface area contributed by atoms with E-state index >= 15 is 0 Å². The van der Waals surface area contributed by atoms with E-state index in [0.29, 0.717) is 17.9 Å². The van der Waals surface area contributed by atoms with Crippen LogP contribution in [0.4, 0.5) is 0 Å². The maximum absolute atomic E-state index is 12.8. The van der Waals surface area contributed by atoms with E-state index in [2.05, 4.69) is 31.8 Å². The average molecular weight is 442 g/mol. The second kappa shape index (κ2) is 9.75. The molecule has 4 nitrogen and oxygen atoms in total. The molecule has 0 amide bonds. The quantitative estimate of drug-likeness (QED) is 0.383. The van der Waals surface area contributed by atoms with Gasteiger partial charge in [-0.3, -0.25) is 4.79 Å². The molecule has 0 bridgehead atoms. The van der Waals surface area contributed by atoms with Gasteiger partial charge in [-0.1, -0.05) is 44.8 Å². The number of aryl methyl sites for hydroxylation is 1. The maximum atomic E-state index is 12.8. The van der Waals surface area contributed by atoms with Crippen LogP contribution in [0, 0.1) is 22.7 Å². The van der Waals surface area contributed by atoms with Crippen LogP contribution in [0.15, 0.2) is 28.9 Å². The standard InChI is InChI=1S/C28H43NO3/c1-20-11-14-25-27(2,16-8-17-28(25,3)26(30)31-4)23(20)13-12-21-15-18-32-24(21)19-29-22-9-6-5-7-10-22/h15,18,22-23,25,29H,1,5-14,16-17,19H2,2-4H3/t23-,25+,27+,28+/m0/s1. The normalized spacial score (nSPS) is 33.7. The van der Waals surface area contributed by atoms with Gasteiger partial charge in [0.1, 0.15) is 5.76 Å². The summed E-state index contributed by atoms with van der Waals surface area (Å²) in [5.41, 5.74) is 2.45. The number of carbonyl (C=O) groups is 1. The Bertz CT molecular complexity index is 807. The highest BCUT2D eigenvalue weighted by Gasteiger charge is 2.57. The number of methoxy groups -OCH3 is 1. The topological polar surface area (TPSA) is 51.5 Å². The van der Waals surface area contributed by atoms with Crippen molar-refractivity contribution in [2.24, 2.45) is 22.7 Å². The first-order valence-corrected chi connectivity index (χ1v) is 12.9. The molecule has 3 aliphatic carbocycles. The predicted molar refractivity (Wildman–Crippen MR) is 128 cm³/mol. The fourth-order valence-electron chi connectivity index (χ4n) is 7.55. The fraction of sp³-hybridized carbons (Fsp3) is 0.750. The minimum atomic E-state index is -0.370. The van der Waals surface area contributed by atoms with E-state index in [0.717, 1.165) is 50.8 Å². The molecule has 1 aromatic heterocycles. The summed E-state index contributed by atoms with van der Waals surface area (Å²) in [6.45, 7) is 9.92. The molecule has 3 fully saturated rings. The van der Waals surface area contributed by atoms with Crippen LogP contribution in [0.5, 0.6) is 0 Å². The summed E-state index contributed by atoms with van der Waals surface area (Å²) < 4.78 is 11.2. The summed E-state index contributed by atoms with van der Waals surface area (Å²) >= 11 is 0. The lowest BCUT2D eigenvalue weighted by molar-refractivity contribution is -0.168. The highest BCUT2D eigenvalue weighted by Crippen LogP contribution is 2.62. The van der Waals surface area contributed by atoms with Crippen molar-refractivity contribution < 1.29 is 13.9 Å². The van der Waals surface area contributed by atoms with Crippen molar-refractivity contribution in [1.29, 1.82) is 0 Å². The van der Waals surface area contributed by atoms with Crippen molar-refractivity contribution in [3.05, 3.63) is 35.8 Å². The third-order valence-electron chi connectivity index (χ3n) is 9.37. The fourth-order valence-corrected chi connectivity index (χ4v) is 7.55. The molecule has 0 spiro atoms. The number of hydrogen-bond donors (Lipinski definition) is 1. The van der Waals surface area contributed by atoms with Crippen molar-refractivity contribution in [3.8, 4) is 0 Å². The molecule has 32 heavy (non-hydrogen) atoms. The Balaban J connectivity index is 1.44. The van der Waals surface area contributed by atoms with Gasteiger partial charge in [-0.25, -0.2) is 0 Å². The lowest BCUT2D eigenvalue weighted by Crippen LogP contribution is -2.53. The Morgan fingerprint density at radius 3 is 2.72 bits per heavy atom. The minimum Gasteiger partial charge on any atom is -0.469 e. The van der Waals surface area contributed by atoms with Crippen LogP contribution in [0.1, 0.15) is 95.8 Å². The molecule has 4 atom stereocenters. The van der Waals surface area contributed by atoms with Gasteiger partial charge in [-0.15, -0.1) is 0 Å².